The summed E-state index contributed by atoms with van der Waals surface area (Å²) in [7, 11) is 0. The molecule has 2 rings (SSSR count). The summed E-state index contributed by atoms with van der Waals surface area (Å²) in [6.45, 7) is 3.17. The van der Waals surface area contributed by atoms with E-state index in [1.807, 2.05) is 0 Å². The Labute approximate surface area is 68.2 Å². The molecule has 1 aliphatic carbocycles. The Morgan fingerprint density at radius 3 is 2.64 bits per heavy atom. The van der Waals surface area contributed by atoms with Crippen LogP contribution in [0.2, 0.25) is 0 Å². The maximum Gasteiger partial charge on any atom is 0.0601 e. The molecule has 0 saturated carbocycles. The Morgan fingerprint density at radius 2 is 1.82 bits per heavy atom. The second kappa shape index (κ2) is 2.80. The van der Waals surface area contributed by atoms with Gasteiger partial charge in [-0.1, -0.05) is 5.57 Å². The number of hydrogen-bond donors (Lipinski definition) is 0. The molecule has 1 nitrogen and oxygen atoms in total. The highest BCUT2D eigenvalue weighted by atomic mass is 14.7. The summed E-state index contributed by atoms with van der Waals surface area (Å²) in [5, 5.41) is 0. The molecule has 11 heavy (non-hydrogen) atoms. The van der Waals surface area contributed by atoms with Crippen LogP contribution in [0.25, 0.3) is 0 Å². The maximum absolute atomic E-state index is 4.47. The van der Waals surface area contributed by atoms with E-state index in [2.05, 4.69) is 11.9 Å². The van der Waals surface area contributed by atoms with E-state index >= 15 is 0 Å². The van der Waals surface area contributed by atoms with Gasteiger partial charge in [0, 0.05) is 12.1 Å². The van der Waals surface area contributed by atoms with Crippen molar-refractivity contribution in [2.75, 3.05) is 6.54 Å². The molecule has 0 aromatic heterocycles. The van der Waals surface area contributed by atoms with Gasteiger partial charge in [0.15, 0.2) is 0 Å². The Kier molecular flexibility index (Phi) is 1.80. The molecule has 2 aliphatic rings. The molecule has 1 heterocycles. The average molecular weight is 149 g/mol. The van der Waals surface area contributed by atoms with E-state index in [0.717, 1.165) is 6.54 Å². The summed E-state index contributed by atoms with van der Waals surface area (Å²) >= 11 is 0. The van der Waals surface area contributed by atoms with Crippen molar-refractivity contribution in [2.24, 2.45) is 4.99 Å². The Balaban J connectivity index is 2.16. The van der Waals surface area contributed by atoms with Gasteiger partial charge < -0.3 is 0 Å². The molecule has 60 valence electrons. The first kappa shape index (κ1) is 7.08. The first-order valence-corrected chi connectivity index (χ1v) is 4.56. The van der Waals surface area contributed by atoms with E-state index < -0.39 is 0 Å². The fourth-order valence-electron chi connectivity index (χ4n) is 2.03. The summed E-state index contributed by atoms with van der Waals surface area (Å²) < 4.78 is 0. The van der Waals surface area contributed by atoms with Crippen LogP contribution in [0.5, 0.6) is 0 Å². The van der Waals surface area contributed by atoms with Crippen molar-refractivity contribution in [1.29, 1.82) is 0 Å². The van der Waals surface area contributed by atoms with Crippen LogP contribution in [-0.4, -0.2) is 12.3 Å². The van der Waals surface area contributed by atoms with Crippen molar-refractivity contribution < 1.29 is 0 Å². The molecule has 0 unspecified atom stereocenters. The SMILES string of the molecule is CC1=NCC2=C(CCCC2)C1. The molecular weight excluding hydrogens is 134 g/mol. The van der Waals surface area contributed by atoms with Crippen molar-refractivity contribution in [3.63, 3.8) is 0 Å². The summed E-state index contributed by atoms with van der Waals surface area (Å²) in [5.74, 6) is 0. The molecule has 1 aliphatic heterocycles. The molecule has 0 N–H and O–H groups in total. The van der Waals surface area contributed by atoms with Crippen LogP contribution >= 0.6 is 0 Å². The van der Waals surface area contributed by atoms with E-state index in [1.54, 1.807) is 11.1 Å². The van der Waals surface area contributed by atoms with Crippen molar-refractivity contribution in [2.45, 2.75) is 39.0 Å². The van der Waals surface area contributed by atoms with Gasteiger partial charge >= 0.3 is 0 Å². The van der Waals surface area contributed by atoms with E-state index in [9.17, 15) is 0 Å². The van der Waals surface area contributed by atoms with Crippen LogP contribution in [0.15, 0.2) is 16.1 Å². The first-order valence-electron chi connectivity index (χ1n) is 4.56. The quantitative estimate of drug-likeness (QED) is 0.469. The summed E-state index contributed by atoms with van der Waals surface area (Å²) in [6.07, 6.45) is 6.66. The largest absolute Gasteiger partial charge is 0.290 e. The number of allylic oxidation sites excluding steroid dienone is 1. The monoisotopic (exact) mass is 149 g/mol. The minimum absolute atomic E-state index is 1.02. The van der Waals surface area contributed by atoms with Gasteiger partial charge in [-0.05, 0) is 38.2 Å². The molecular formula is C10H15N. The number of nitrogens with zero attached hydrogens (tertiary/aromatic N) is 1. The lowest BCUT2D eigenvalue weighted by Gasteiger charge is -2.22. The van der Waals surface area contributed by atoms with Gasteiger partial charge in [-0.3, -0.25) is 4.99 Å². The highest BCUT2D eigenvalue weighted by molar-refractivity contribution is 5.85. The topological polar surface area (TPSA) is 12.4 Å². The fraction of sp³-hybridized carbons (Fsp3) is 0.700. The Morgan fingerprint density at radius 1 is 1.09 bits per heavy atom. The molecule has 0 saturated heterocycles. The summed E-state index contributed by atoms with van der Waals surface area (Å²) in [5.41, 5.74) is 4.70. The van der Waals surface area contributed by atoms with Crippen LogP contribution in [0, 0.1) is 0 Å². The maximum atomic E-state index is 4.47. The zero-order valence-corrected chi connectivity index (χ0v) is 7.19. The molecule has 0 amide bonds. The van der Waals surface area contributed by atoms with Gasteiger partial charge in [0.2, 0.25) is 0 Å². The molecule has 0 spiro atoms. The van der Waals surface area contributed by atoms with E-state index in [4.69, 9.17) is 0 Å². The second-order valence-corrected chi connectivity index (χ2v) is 3.64. The predicted molar refractivity (Wildman–Crippen MR) is 48.1 cm³/mol. The van der Waals surface area contributed by atoms with Crippen molar-refractivity contribution in [1.82, 2.24) is 0 Å². The van der Waals surface area contributed by atoms with Crippen molar-refractivity contribution >= 4 is 5.71 Å². The van der Waals surface area contributed by atoms with Gasteiger partial charge in [0.25, 0.3) is 0 Å². The standard InChI is InChI=1S/C10H15N/c1-8-6-9-4-2-3-5-10(9)7-11-8/h2-7H2,1H3. The third-order valence-corrected chi connectivity index (χ3v) is 2.72. The zero-order chi connectivity index (χ0) is 7.68. The molecule has 1 heteroatoms. The summed E-state index contributed by atoms with van der Waals surface area (Å²) in [4.78, 5) is 4.47. The second-order valence-electron chi connectivity index (χ2n) is 3.64. The number of rotatable bonds is 0. The van der Waals surface area contributed by atoms with Crippen LogP contribution < -0.4 is 0 Å². The number of hydrogen-bond acceptors (Lipinski definition) is 1. The minimum atomic E-state index is 1.02. The lowest BCUT2D eigenvalue weighted by Crippen LogP contribution is -2.11. The molecule has 0 aromatic rings. The van der Waals surface area contributed by atoms with Gasteiger partial charge in [-0.2, -0.15) is 0 Å². The lowest BCUT2D eigenvalue weighted by atomic mass is 9.87. The van der Waals surface area contributed by atoms with E-state index in [1.165, 1.54) is 37.8 Å². The van der Waals surface area contributed by atoms with Gasteiger partial charge in [-0.25, -0.2) is 0 Å². The number of aliphatic imine (C=N–C) groups is 1. The van der Waals surface area contributed by atoms with Crippen molar-refractivity contribution in [3.05, 3.63) is 11.1 Å². The molecule has 0 bridgehead atoms. The van der Waals surface area contributed by atoms with E-state index in [-0.39, 0.29) is 0 Å². The van der Waals surface area contributed by atoms with Gasteiger partial charge in [0.05, 0.1) is 6.54 Å². The third-order valence-electron chi connectivity index (χ3n) is 2.72. The van der Waals surface area contributed by atoms with Crippen LogP contribution in [0.1, 0.15) is 39.0 Å². The van der Waals surface area contributed by atoms with Crippen LogP contribution in [0.3, 0.4) is 0 Å². The first-order chi connectivity index (χ1) is 5.36. The predicted octanol–water partition coefficient (Wildman–Crippen LogP) is 2.72. The van der Waals surface area contributed by atoms with E-state index in [0.29, 0.717) is 0 Å². The van der Waals surface area contributed by atoms with Crippen LogP contribution in [-0.2, 0) is 0 Å². The highest BCUT2D eigenvalue weighted by Crippen LogP contribution is 2.29. The van der Waals surface area contributed by atoms with Gasteiger partial charge in [-0.15, -0.1) is 0 Å². The molecule has 0 aromatic carbocycles. The van der Waals surface area contributed by atoms with Crippen molar-refractivity contribution in [3.8, 4) is 0 Å². The smallest absolute Gasteiger partial charge is 0.0601 e. The Hall–Kier alpha value is -0.590. The molecule has 0 radical (unpaired) electrons. The lowest BCUT2D eigenvalue weighted by molar-refractivity contribution is 0.648. The molecule has 0 atom stereocenters. The zero-order valence-electron chi connectivity index (χ0n) is 7.19. The fourth-order valence-corrected chi connectivity index (χ4v) is 2.03. The normalized spacial score (nSPS) is 24.6. The number of dihydropyridines is 1. The minimum Gasteiger partial charge on any atom is -0.290 e. The van der Waals surface area contributed by atoms with Crippen LogP contribution in [0.4, 0.5) is 0 Å². The summed E-state index contributed by atoms with van der Waals surface area (Å²) in [6, 6.07) is 0. The third kappa shape index (κ3) is 1.37. The average Bonchev–Trinajstić information content (AvgIpc) is 2.04. The highest BCUT2D eigenvalue weighted by Gasteiger charge is 2.15. The Bertz CT molecular complexity index is 223. The van der Waals surface area contributed by atoms with Gasteiger partial charge in [0.1, 0.15) is 0 Å². The molecule has 0 fully saturated rings.